The van der Waals surface area contributed by atoms with Crippen LogP contribution < -0.4 is 10.2 Å². The molecule has 1 saturated heterocycles. The number of hydrazone groups is 1. The summed E-state index contributed by atoms with van der Waals surface area (Å²) < 4.78 is 12.1. The van der Waals surface area contributed by atoms with Gasteiger partial charge in [-0.15, -0.1) is 0 Å². The highest BCUT2D eigenvalue weighted by atomic mass is 16.5. The number of benzene rings is 2. The average molecular weight is 447 g/mol. The van der Waals surface area contributed by atoms with Crippen LogP contribution in [0, 0.1) is 5.92 Å². The first kappa shape index (κ1) is 21.6. The van der Waals surface area contributed by atoms with Crippen LogP contribution in [0.15, 0.2) is 52.0 Å². The van der Waals surface area contributed by atoms with Crippen molar-refractivity contribution < 1.29 is 13.9 Å². The summed E-state index contributed by atoms with van der Waals surface area (Å²) in [5.74, 6) is 1.51. The van der Waals surface area contributed by atoms with Crippen molar-refractivity contribution in [2.75, 3.05) is 20.2 Å². The first-order valence-electron chi connectivity index (χ1n) is 11.8. The van der Waals surface area contributed by atoms with Gasteiger partial charge in [0.15, 0.2) is 5.58 Å². The van der Waals surface area contributed by atoms with Gasteiger partial charge in [-0.1, -0.05) is 19.4 Å². The third kappa shape index (κ3) is 4.64. The number of hydrogen-bond donors (Lipinski definition) is 1. The molecule has 7 nitrogen and oxygen atoms in total. The SMILES string of the molecule is CCC1CC(=O)NN=C1c1ccc2nc(-c3ccc(OCC4CCCCN4C)cc3)oc2c1. The zero-order valence-corrected chi connectivity index (χ0v) is 19.2. The minimum atomic E-state index is -0.0354. The molecule has 1 fully saturated rings. The number of nitrogens with one attached hydrogen (secondary N) is 1. The summed E-state index contributed by atoms with van der Waals surface area (Å²) in [6.07, 6.45) is 5.06. The fourth-order valence-electron chi connectivity index (χ4n) is 4.67. The molecule has 2 unspecified atom stereocenters. The Hall–Kier alpha value is -3.19. The first-order valence-corrected chi connectivity index (χ1v) is 11.8. The molecule has 0 saturated carbocycles. The van der Waals surface area contributed by atoms with Gasteiger partial charge in [0.25, 0.3) is 0 Å². The summed E-state index contributed by atoms with van der Waals surface area (Å²) in [6.45, 7) is 3.93. The number of amides is 1. The van der Waals surface area contributed by atoms with E-state index >= 15 is 0 Å². The molecule has 0 spiro atoms. The van der Waals surface area contributed by atoms with Gasteiger partial charge in [-0.2, -0.15) is 5.10 Å². The van der Waals surface area contributed by atoms with E-state index in [0.29, 0.717) is 30.5 Å². The van der Waals surface area contributed by atoms with Crippen molar-refractivity contribution in [3.8, 4) is 17.2 Å². The van der Waals surface area contributed by atoms with Crippen molar-refractivity contribution in [2.24, 2.45) is 11.0 Å². The van der Waals surface area contributed by atoms with Gasteiger partial charge < -0.3 is 14.1 Å². The van der Waals surface area contributed by atoms with Gasteiger partial charge in [-0.3, -0.25) is 4.79 Å². The molecule has 1 amide bonds. The predicted octanol–water partition coefficient (Wildman–Crippen LogP) is 4.61. The molecule has 2 aliphatic rings. The maximum absolute atomic E-state index is 11.7. The molecule has 0 aliphatic carbocycles. The molecule has 0 radical (unpaired) electrons. The number of oxazole rings is 1. The topological polar surface area (TPSA) is 80.0 Å². The van der Waals surface area contributed by atoms with E-state index in [9.17, 15) is 4.79 Å². The third-order valence-electron chi connectivity index (χ3n) is 6.76. The van der Waals surface area contributed by atoms with Crippen LogP contribution in [0.1, 0.15) is 44.6 Å². The van der Waals surface area contributed by atoms with E-state index < -0.39 is 0 Å². The fraction of sp³-hybridized carbons (Fsp3) is 0.423. The number of likely N-dealkylation sites (N-methyl/N-ethyl adjacent to an activating group) is 1. The minimum Gasteiger partial charge on any atom is -0.492 e. The second-order valence-corrected chi connectivity index (χ2v) is 9.01. The Bertz CT molecular complexity index is 1170. The van der Waals surface area contributed by atoms with Crippen LogP contribution in [0.25, 0.3) is 22.6 Å². The lowest BCUT2D eigenvalue weighted by Crippen LogP contribution is -2.40. The number of aromatic nitrogens is 1. The van der Waals surface area contributed by atoms with Crippen LogP contribution >= 0.6 is 0 Å². The molecular formula is C26H30N4O3. The number of carbonyl (C=O) groups is 1. The first-order chi connectivity index (χ1) is 16.1. The van der Waals surface area contributed by atoms with Gasteiger partial charge in [-0.25, -0.2) is 10.4 Å². The van der Waals surface area contributed by atoms with Crippen molar-refractivity contribution in [3.05, 3.63) is 48.0 Å². The quantitative estimate of drug-likeness (QED) is 0.598. The molecular weight excluding hydrogens is 416 g/mol. The lowest BCUT2D eigenvalue weighted by molar-refractivity contribution is -0.122. The summed E-state index contributed by atoms with van der Waals surface area (Å²) in [7, 11) is 2.17. The van der Waals surface area contributed by atoms with E-state index in [1.54, 1.807) is 0 Å². The van der Waals surface area contributed by atoms with E-state index in [2.05, 4.69) is 34.4 Å². The Morgan fingerprint density at radius 1 is 1.15 bits per heavy atom. The van der Waals surface area contributed by atoms with Crippen molar-refractivity contribution in [3.63, 3.8) is 0 Å². The number of fused-ring (bicyclic) bond motifs is 1. The van der Waals surface area contributed by atoms with Gasteiger partial charge in [0, 0.05) is 29.5 Å². The summed E-state index contributed by atoms with van der Waals surface area (Å²) in [5.41, 5.74) is 6.85. The van der Waals surface area contributed by atoms with Crippen molar-refractivity contribution in [1.29, 1.82) is 0 Å². The van der Waals surface area contributed by atoms with Crippen LogP contribution in [0.2, 0.25) is 0 Å². The largest absolute Gasteiger partial charge is 0.492 e. The zero-order valence-electron chi connectivity index (χ0n) is 19.2. The molecule has 3 aromatic rings. The summed E-state index contributed by atoms with van der Waals surface area (Å²) in [6, 6.07) is 14.3. The van der Waals surface area contributed by atoms with Crippen LogP contribution in [0.3, 0.4) is 0 Å². The second kappa shape index (κ2) is 9.35. The second-order valence-electron chi connectivity index (χ2n) is 9.01. The predicted molar refractivity (Wildman–Crippen MR) is 128 cm³/mol. The summed E-state index contributed by atoms with van der Waals surface area (Å²) in [5, 5.41) is 4.31. The van der Waals surface area contributed by atoms with Crippen molar-refractivity contribution in [2.45, 2.75) is 45.1 Å². The van der Waals surface area contributed by atoms with E-state index in [1.807, 2.05) is 42.5 Å². The van der Waals surface area contributed by atoms with Gasteiger partial charge in [0.05, 0.1) is 5.71 Å². The standard InChI is InChI=1S/C26H30N4O3/c1-3-17-15-24(31)28-29-25(17)19-9-12-22-23(14-19)33-26(27-22)18-7-10-21(11-8-18)32-16-20-6-4-5-13-30(20)2/h7-12,14,17,20H,3-6,13,15-16H2,1-2H3,(H,28,31). The molecule has 33 heavy (non-hydrogen) atoms. The molecule has 0 bridgehead atoms. The Morgan fingerprint density at radius 3 is 2.76 bits per heavy atom. The van der Waals surface area contributed by atoms with Crippen LogP contribution in [0.5, 0.6) is 5.75 Å². The highest BCUT2D eigenvalue weighted by Gasteiger charge is 2.25. The maximum atomic E-state index is 11.7. The van der Waals surface area contributed by atoms with Gasteiger partial charge in [0.1, 0.15) is 17.9 Å². The average Bonchev–Trinajstić information content (AvgIpc) is 3.27. The number of rotatable bonds is 6. The molecule has 2 aliphatic heterocycles. The highest BCUT2D eigenvalue weighted by Crippen LogP contribution is 2.28. The lowest BCUT2D eigenvalue weighted by Gasteiger charge is -2.32. The molecule has 172 valence electrons. The van der Waals surface area contributed by atoms with Crippen molar-refractivity contribution >= 4 is 22.7 Å². The van der Waals surface area contributed by atoms with Crippen LogP contribution in [-0.4, -0.2) is 47.7 Å². The Kier molecular flexibility index (Phi) is 6.13. The highest BCUT2D eigenvalue weighted by molar-refractivity contribution is 6.07. The third-order valence-corrected chi connectivity index (χ3v) is 6.76. The fourth-order valence-corrected chi connectivity index (χ4v) is 4.67. The van der Waals surface area contributed by atoms with Crippen molar-refractivity contribution in [1.82, 2.24) is 15.3 Å². The van der Waals surface area contributed by atoms with E-state index in [0.717, 1.165) is 41.1 Å². The van der Waals surface area contributed by atoms with E-state index in [4.69, 9.17) is 9.15 Å². The Balaban J connectivity index is 1.31. The van der Waals surface area contributed by atoms with Gasteiger partial charge >= 0.3 is 0 Å². The molecule has 1 aromatic heterocycles. The van der Waals surface area contributed by atoms with Gasteiger partial charge in [0.2, 0.25) is 11.8 Å². The number of ether oxygens (including phenoxy) is 1. The smallest absolute Gasteiger partial charge is 0.240 e. The molecule has 7 heteroatoms. The summed E-state index contributed by atoms with van der Waals surface area (Å²) in [4.78, 5) is 18.7. The lowest BCUT2D eigenvalue weighted by atomic mass is 9.90. The molecule has 2 atom stereocenters. The molecule has 2 aromatic carbocycles. The minimum absolute atomic E-state index is 0.0354. The summed E-state index contributed by atoms with van der Waals surface area (Å²) >= 11 is 0. The van der Waals surface area contributed by atoms with Gasteiger partial charge in [-0.05, 0) is 69.3 Å². The number of piperidine rings is 1. The Labute approximate surface area is 193 Å². The Morgan fingerprint density at radius 2 is 1.97 bits per heavy atom. The van der Waals surface area contributed by atoms with Crippen LogP contribution in [-0.2, 0) is 4.79 Å². The zero-order chi connectivity index (χ0) is 22.8. The number of hydrogen-bond acceptors (Lipinski definition) is 6. The van der Waals surface area contributed by atoms with E-state index in [1.165, 1.54) is 19.3 Å². The number of likely N-dealkylation sites (tertiary alicyclic amines) is 1. The van der Waals surface area contributed by atoms with E-state index in [-0.39, 0.29) is 11.8 Å². The maximum Gasteiger partial charge on any atom is 0.240 e. The molecule has 3 heterocycles. The molecule has 1 N–H and O–H groups in total. The van der Waals surface area contributed by atoms with Crippen LogP contribution in [0.4, 0.5) is 0 Å². The molecule has 5 rings (SSSR count). The number of carbonyl (C=O) groups excluding carboxylic acids is 1. The normalized spacial score (nSPS) is 21.6. The number of nitrogens with zero attached hydrogens (tertiary/aromatic N) is 3. The monoisotopic (exact) mass is 446 g/mol.